The van der Waals surface area contributed by atoms with Gasteiger partial charge in [0.15, 0.2) is 11.3 Å². The molecule has 3 aromatic rings. The van der Waals surface area contributed by atoms with Crippen LogP contribution in [0.4, 0.5) is 37.0 Å². The number of nitrogens with zero attached hydrogens (tertiary/aromatic N) is 4. The minimum Gasteiger partial charge on any atom is -0.369 e. The second-order valence-corrected chi connectivity index (χ2v) is 7.90. The molecule has 2 amide bonds. The molecule has 4 rings (SSSR count). The molecule has 0 aliphatic carbocycles. The summed E-state index contributed by atoms with van der Waals surface area (Å²) in [6, 6.07) is 6.25. The van der Waals surface area contributed by atoms with Gasteiger partial charge in [-0.1, -0.05) is 12.1 Å². The van der Waals surface area contributed by atoms with Crippen LogP contribution in [0.5, 0.6) is 0 Å². The first-order valence-corrected chi connectivity index (χ1v) is 9.97. The van der Waals surface area contributed by atoms with Gasteiger partial charge in [0.25, 0.3) is 6.43 Å². The molecule has 0 spiro atoms. The quantitative estimate of drug-likeness (QED) is 0.517. The average Bonchev–Trinajstić information content (AvgIpc) is 3.22. The highest BCUT2D eigenvalue weighted by molar-refractivity contribution is 5.76. The van der Waals surface area contributed by atoms with Crippen LogP contribution < -0.4 is 10.6 Å². The molecule has 0 saturated carbocycles. The maximum atomic E-state index is 13.5. The molecular formula is C21H20F6N6O. The third-order valence-electron chi connectivity index (χ3n) is 5.46. The van der Waals surface area contributed by atoms with Gasteiger partial charge in [-0.25, -0.2) is 22.9 Å². The van der Waals surface area contributed by atoms with Crippen LogP contribution in [0.15, 0.2) is 36.4 Å². The highest BCUT2D eigenvalue weighted by Gasteiger charge is 2.46. The monoisotopic (exact) mass is 489 g/mol. The van der Waals surface area contributed by atoms with Gasteiger partial charge in [0.1, 0.15) is 11.6 Å². The van der Waals surface area contributed by atoms with Crippen LogP contribution in [0.2, 0.25) is 0 Å². The highest BCUT2D eigenvalue weighted by Crippen LogP contribution is 2.36. The van der Waals surface area contributed by atoms with Crippen LogP contribution in [0, 0.1) is 12.7 Å². The third-order valence-corrected chi connectivity index (χ3v) is 5.46. The Balaban J connectivity index is 1.65. The SMILES string of the molecule is [2H]C([2H])([2H])c1cc(NCC2(c3ccc(F)cc3)CN(C(=O)NCC(F)F)C2)n2nc(C(F)(F)F)cc2n1. The molecule has 0 unspecified atom stereocenters. The van der Waals surface area contributed by atoms with E-state index >= 15 is 0 Å². The van der Waals surface area contributed by atoms with E-state index in [1.165, 1.54) is 29.2 Å². The van der Waals surface area contributed by atoms with Crippen LogP contribution in [-0.4, -0.2) is 58.1 Å². The molecule has 2 aromatic heterocycles. The molecule has 1 aliphatic rings. The van der Waals surface area contributed by atoms with Gasteiger partial charge >= 0.3 is 12.2 Å². The normalized spacial score (nSPS) is 17.1. The van der Waals surface area contributed by atoms with E-state index in [1.54, 1.807) is 0 Å². The summed E-state index contributed by atoms with van der Waals surface area (Å²) in [6.07, 6.45) is -7.55. The Bertz CT molecular complexity index is 1290. The number of alkyl halides is 5. The number of anilines is 1. The molecule has 1 aromatic carbocycles. The number of hydrogen-bond acceptors (Lipinski definition) is 4. The smallest absolute Gasteiger partial charge is 0.369 e. The number of nitrogens with one attached hydrogen (secondary N) is 2. The highest BCUT2D eigenvalue weighted by atomic mass is 19.4. The van der Waals surface area contributed by atoms with E-state index < -0.39 is 54.6 Å². The Kier molecular flexibility index (Phi) is 5.09. The zero-order valence-corrected chi connectivity index (χ0v) is 17.3. The van der Waals surface area contributed by atoms with Crippen molar-refractivity contribution in [2.24, 2.45) is 0 Å². The summed E-state index contributed by atoms with van der Waals surface area (Å²) >= 11 is 0. The predicted octanol–water partition coefficient (Wildman–Crippen LogP) is 3.84. The number of carbonyl (C=O) groups excluding carboxylic acids is 1. The summed E-state index contributed by atoms with van der Waals surface area (Å²) in [4.78, 5) is 17.3. The number of urea groups is 1. The minimum atomic E-state index is -4.81. The Morgan fingerprint density at radius 1 is 1.24 bits per heavy atom. The van der Waals surface area contributed by atoms with Crippen molar-refractivity contribution in [2.75, 3.05) is 31.5 Å². The lowest BCUT2D eigenvalue weighted by atomic mass is 9.73. The number of likely N-dealkylation sites (tertiary alicyclic amines) is 1. The summed E-state index contributed by atoms with van der Waals surface area (Å²) in [6.45, 7) is -3.60. The number of carbonyl (C=O) groups is 1. The number of benzene rings is 1. The molecule has 7 nitrogen and oxygen atoms in total. The lowest BCUT2D eigenvalue weighted by molar-refractivity contribution is -0.141. The zero-order chi connectivity index (χ0) is 27.2. The van der Waals surface area contributed by atoms with Gasteiger partial charge in [-0.3, -0.25) is 0 Å². The van der Waals surface area contributed by atoms with E-state index in [0.717, 1.165) is 10.6 Å². The van der Waals surface area contributed by atoms with E-state index in [-0.39, 0.29) is 31.1 Å². The van der Waals surface area contributed by atoms with Crippen molar-refractivity contribution in [2.45, 2.75) is 24.9 Å². The lowest BCUT2D eigenvalue weighted by Crippen LogP contribution is -2.66. The van der Waals surface area contributed by atoms with E-state index in [2.05, 4.69) is 20.7 Å². The van der Waals surface area contributed by atoms with Crippen LogP contribution >= 0.6 is 0 Å². The molecule has 0 atom stereocenters. The molecular weight excluding hydrogens is 466 g/mol. The summed E-state index contributed by atoms with van der Waals surface area (Å²) in [5, 5.41) is 8.50. The summed E-state index contributed by atoms with van der Waals surface area (Å²) in [7, 11) is 0. The summed E-state index contributed by atoms with van der Waals surface area (Å²) < 4.78 is 102. The second kappa shape index (κ2) is 8.69. The maximum absolute atomic E-state index is 13.5. The number of aromatic nitrogens is 3. The summed E-state index contributed by atoms with van der Waals surface area (Å²) in [5.41, 5.74) is -2.41. The lowest BCUT2D eigenvalue weighted by Gasteiger charge is -2.50. The number of amides is 2. The summed E-state index contributed by atoms with van der Waals surface area (Å²) in [5.74, 6) is -0.624. The minimum absolute atomic E-state index is 0.00790. The number of rotatable bonds is 6. The van der Waals surface area contributed by atoms with Crippen molar-refractivity contribution < 1.29 is 35.2 Å². The average molecular weight is 489 g/mol. The van der Waals surface area contributed by atoms with Crippen molar-refractivity contribution in [3.63, 3.8) is 0 Å². The van der Waals surface area contributed by atoms with Crippen molar-refractivity contribution in [1.82, 2.24) is 24.8 Å². The second-order valence-electron chi connectivity index (χ2n) is 7.90. The van der Waals surface area contributed by atoms with Crippen molar-refractivity contribution in [3.05, 3.63) is 59.2 Å². The standard InChI is InChI=1S/C21H20F6N6O/c1-12-6-17(33-18(30-12)7-15(31-33)21(25,26)27)29-9-20(13-2-4-14(22)5-3-13)10-32(11-20)19(34)28-8-16(23)24/h2-7,16,29H,8-11H2,1H3,(H,28,34)/i1D3. The first-order valence-electron chi connectivity index (χ1n) is 11.5. The van der Waals surface area contributed by atoms with Gasteiger partial charge < -0.3 is 15.5 Å². The molecule has 0 radical (unpaired) electrons. The van der Waals surface area contributed by atoms with Crippen molar-refractivity contribution in [3.8, 4) is 0 Å². The Morgan fingerprint density at radius 2 is 1.94 bits per heavy atom. The van der Waals surface area contributed by atoms with Crippen LogP contribution in [0.1, 0.15) is 21.1 Å². The number of fused-ring (bicyclic) bond motifs is 1. The fourth-order valence-electron chi connectivity index (χ4n) is 3.80. The van der Waals surface area contributed by atoms with Gasteiger partial charge in [-0.15, -0.1) is 0 Å². The molecule has 1 saturated heterocycles. The molecule has 1 aliphatic heterocycles. The van der Waals surface area contributed by atoms with Crippen molar-refractivity contribution >= 4 is 17.5 Å². The zero-order valence-electron chi connectivity index (χ0n) is 20.3. The maximum Gasteiger partial charge on any atom is 0.435 e. The van der Waals surface area contributed by atoms with Gasteiger partial charge in [0.05, 0.1) is 6.54 Å². The fourth-order valence-corrected chi connectivity index (χ4v) is 3.80. The Hall–Kier alpha value is -3.51. The topological polar surface area (TPSA) is 74.6 Å². The predicted molar refractivity (Wildman–Crippen MR) is 110 cm³/mol. The third kappa shape index (κ3) is 4.73. The first-order chi connectivity index (χ1) is 17.2. The largest absolute Gasteiger partial charge is 0.435 e. The van der Waals surface area contributed by atoms with E-state index in [1.807, 2.05) is 0 Å². The number of aryl methyl sites for hydroxylation is 1. The van der Waals surface area contributed by atoms with Crippen LogP contribution in [-0.2, 0) is 11.6 Å². The van der Waals surface area contributed by atoms with Gasteiger partial charge in [0.2, 0.25) is 0 Å². The molecule has 2 N–H and O–H groups in total. The number of hydrogen-bond donors (Lipinski definition) is 2. The number of halogens is 6. The molecule has 13 heteroatoms. The fraction of sp³-hybridized carbons (Fsp3) is 0.381. The molecule has 3 heterocycles. The van der Waals surface area contributed by atoms with Crippen LogP contribution in [0.25, 0.3) is 5.65 Å². The van der Waals surface area contributed by atoms with Gasteiger partial charge in [-0.2, -0.15) is 22.8 Å². The Morgan fingerprint density at radius 3 is 2.56 bits per heavy atom. The molecule has 0 bridgehead atoms. The Labute approximate surface area is 194 Å². The van der Waals surface area contributed by atoms with Gasteiger partial charge in [0, 0.05) is 47.0 Å². The van der Waals surface area contributed by atoms with E-state index in [4.69, 9.17) is 4.11 Å². The molecule has 1 fully saturated rings. The molecule has 34 heavy (non-hydrogen) atoms. The van der Waals surface area contributed by atoms with Crippen molar-refractivity contribution in [1.29, 1.82) is 0 Å². The van der Waals surface area contributed by atoms with Crippen LogP contribution in [0.3, 0.4) is 0 Å². The van der Waals surface area contributed by atoms with Gasteiger partial charge in [-0.05, 0) is 24.5 Å². The van der Waals surface area contributed by atoms with E-state index in [0.29, 0.717) is 11.6 Å². The first kappa shape index (κ1) is 19.9. The molecule has 182 valence electrons. The van der Waals surface area contributed by atoms with E-state index in [9.17, 15) is 31.1 Å².